The topological polar surface area (TPSA) is 128 Å². The molecule has 3 heterocycles. The Kier molecular flexibility index (Phi) is 7.61. The fourth-order valence-electron chi connectivity index (χ4n) is 4.60. The Morgan fingerprint density at radius 1 is 1.02 bits per heavy atom. The largest absolute Gasteiger partial charge is 0.479 e. The standard InChI is InChI=1S/C31H27ClN4O4S/c1-16-11-23-27(25(17-5-7-21(32)8-6-17)24(16)26(30(38)39)40-31(2,3)4)41-29(36-23)18-9-10-35-22(13-18)19-12-20(28(33)37)15-34-14-19/h5-15,26H,1-4H3,(H2,33,37)(H,38,39). The summed E-state index contributed by atoms with van der Waals surface area (Å²) < 4.78 is 6.92. The molecule has 10 heteroatoms. The second-order valence-corrected chi connectivity index (χ2v) is 12.0. The van der Waals surface area contributed by atoms with Crippen LogP contribution in [0.1, 0.15) is 48.4 Å². The second-order valence-electron chi connectivity index (χ2n) is 10.6. The molecule has 41 heavy (non-hydrogen) atoms. The van der Waals surface area contributed by atoms with Crippen LogP contribution in [-0.4, -0.2) is 37.5 Å². The van der Waals surface area contributed by atoms with Gasteiger partial charge in [-0.15, -0.1) is 11.3 Å². The lowest BCUT2D eigenvalue weighted by Crippen LogP contribution is -2.28. The second kappa shape index (κ2) is 11.0. The average Bonchev–Trinajstić information content (AvgIpc) is 3.35. The quantitative estimate of drug-likeness (QED) is 0.208. The minimum atomic E-state index is -1.20. The number of primary amides is 1. The van der Waals surface area contributed by atoms with E-state index in [9.17, 15) is 14.7 Å². The summed E-state index contributed by atoms with van der Waals surface area (Å²) in [6, 6.07) is 14.6. The van der Waals surface area contributed by atoms with Crippen molar-refractivity contribution in [2.24, 2.45) is 5.73 Å². The summed E-state index contributed by atoms with van der Waals surface area (Å²) in [6.07, 6.45) is 3.50. The number of nitrogens with two attached hydrogens (primary N) is 1. The Bertz CT molecular complexity index is 1790. The lowest BCUT2D eigenvalue weighted by molar-refractivity contribution is -0.160. The molecule has 1 atom stereocenters. The van der Waals surface area contributed by atoms with E-state index in [2.05, 4.69) is 9.97 Å². The third kappa shape index (κ3) is 5.97. The van der Waals surface area contributed by atoms with Crippen molar-refractivity contribution in [3.8, 4) is 33.0 Å². The number of nitrogens with zero attached hydrogens (tertiary/aromatic N) is 3. The number of aryl methyl sites for hydroxylation is 1. The Morgan fingerprint density at radius 3 is 2.41 bits per heavy atom. The number of aliphatic carboxylic acids is 1. The van der Waals surface area contributed by atoms with Gasteiger partial charge in [-0.3, -0.25) is 14.8 Å². The molecule has 3 N–H and O–H groups in total. The first-order valence-electron chi connectivity index (χ1n) is 12.7. The number of carboxylic acids is 1. The van der Waals surface area contributed by atoms with Crippen molar-refractivity contribution in [2.45, 2.75) is 39.4 Å². The number of hydrogen-bond donors (Lipinski definition) is 2. The lowest BCUT2D eigenvalue weighted by atomic mass is 9.91. The molecule has 1 amide bonds. The number of amides is 1. The summed E-state index contributed by atoms with van der Waals surface area (Å²) in [6.45, 7) is 7.37. The highest BCUT2D eigenvalue weighted by Gasteiger charge is 2.32. The van der Waals surface area contributed by atoms with E-state index in [1.807, 2.05) is 58.0 Å². The monoisotopic (exact) mass is 586 g/mol. The van der Waals surface area contributed by atoms with E-state index in [0.29, 0.717) is 21.8 Å². The van der Waals surface area contributed by atoms with Gasteiger partial charge in [0, 0.05) is 45.9 Å². The minimum Gasteiger partial charge on any atom is -0.479 e. The summed E-state index contributed by atoms with van der Waals surface area (Å²) in [5, 5.41) is 11.6. The number of thiazole rings is 1. The molecule has 5 rings (SSSR count). The van der Waals surface area contributed by atoms with Crippen molar-refractivity contribution in [3.05, 3.63) is 88.8 Å². The van der Waals surface area contributed by atoms with Crippen molar-refractivity contribution < 1.29 is 19.4 Å². The molecule has 5 aromatic rings. The third-order valence-corrected chi connectivity index (χ3v) is 7.73. The Morgan fingerprint density at radius 2 is 1.76 bits per heavy atom. The van der Waals surface area contributed by atoms with E-state index in [4.69, 9.17) is 27.1 Å². The zero-order valence-corrected chi connectivity index (χ0v) is 24.4. The maximum atomic E-state index is 12.6. The Balaban J connectivity index is 1.71. The van der Waals surface area contributed by atoms with Gasteiger partial charge in [-0.05, 0) is 75.2 Å². The van der Waals surface area contributed by atoms with E-state index >= 15 is 0 Å². The van der Waals surface area contributed by atoms with Crippen molar-refractivity contribution in [1.29, 1.82) is 0 Å². The maximum absolute atomic E-state index is 12.6. The molecule has 0 radical (unpaired) electrons. The first-order chi connectivity index (χ1) is 19.4. The van der Waals surface area contributed by atoms with Gasteiger partial charge in [0.25, 0.3) is 0 Å². The van der Waals surface area contributed by atoms with Gasteiger partial charge in [0.2, 0.25) is 5.91 Å². The van der Waals surface area contributed by atoms with E-state index in [-0.39, 0.29) is 5.56 Å². The van der Waals surface area contributed by atoms with Crippen LogP contribution in [0.5, 0.6) is 0 Å². The molecule has 8 nitrogen and oxygen atoms in total. The molecule has 3 aromatic heterocycles. The molecular formula is C31H27ClN4O4S. The number of carbonyl (C=O) groups is 2. The molecule has 1 unspecified atom stereocenters. The van der Waals surface area contributed by atoms with Crippen LogP contribution < -0.4 is 5.73 Å². The van der Waals surface area contributed by atoms with Gasteiger partial charge in [-0.25, -0.2) is 9.78 Å². The van der Waals surface area contributed by atoms with Crippen LogP contribution in [-0.2, 0) is 9.53 Å². The van der Waals surface area contributed by atoms with Gasteiger partial charge in [-0.1, -0.05) is 23.7 Å². The SMILES string of the molecule is Cc1cc2nc(-c3ccnc(-c4cncc(C(N)=O)c4)c3)sc2c(-c2ccc(Cl)cc2)c1C(OC(C)(C)C)C(=O)O. The number of hydrogen-bond acceptors (Lipinski definition) is 7. The summed E-state index contributed by atoms with van der Waals surface area (Å²) in [5.74, 6) is -1.65. The van der Waals surface area contributed by atoms with E-state index in [1.165, 1.54) is 17.5 Å². The Labute approximate surface area is 245 Å². The van der Waals surface area contributed by atoms with Crippen LogP contribution >= 0.6 is 22.9 Å². The lowest BCUT2D eigenvalue weighted by Gasteiger charge is -2.28. The number of carbonyl (C=O) groups excluding carboxylic acids is 1. The van der Waals surface area contributed by atoms with Crippen LogP contribution in [0.2, 0.25) is 5.02 Å². The minimum absolute atomic E-state index is 0.288. The van der Waals surface area contributed by atoms with E-state index in [1.54, 1.807) is 30.6 Å². The molecule has 0 aliphatic carbocycles. The molecule has 0 aliphatic rings. The van der Waals surface area contributed by atoms with Crippen molar-refractivity contribution in [3.63, 3.8) is 0 Å². The van der Waals surface area contributed by atoms with Crippen LogP contribution in [0.15, 0.2) is 67.1 Å². The van der Waals surface area contributed by atoms with Crippen LogP contribution in [0, 0.1) is 6.92 Å². The first kappa shape index (κ1) is 28.4. The highest BCUT2D eigenvalue weighted by molar-refractivity contribution is 7.22. The zero-order chi connectivity index (χ0) is 29.5. The fourth-order valence-corrected chi connectivity index (χ4v) is 5.85. The molecule has 0 spiro atoms. The van der Waals surface area contributed by atoms with E-state index in [0.717, 1.165) is 37.5 Å². The molecule has 0 fully saturated rings. The van der Waals surface area contributed by atoms with Crippen molar-refractivity contribution in [2.75, 3.05) is 0 Å². The molecule has 2 aromatic carbocycles. The number of halogens is 1. The zero-order valence-electron chi connectivity index (χ0n) is 22.8. The van der Waals surface area contributed by atoms with Crippen molar-refractivity contribution in [1.82, 2.24) is 15.0 Å². The highest BCUT2D eigenvalue weighted by Crippen LogP contribution is 2.44. The summed E-state index contributed by atoms with van der Waals surface area (Å²) in [7, 11) is 0. The summed E-state index contributed by atoms with van der Waals surface area (Å²) >= 11 is 7.65. The fraction of sp³-hybridized carbons (Fsp3) is 0.194. The van der Waals surface area contributed by atoms with Crippen LogP contribution in [0.25, 0.3) is 43.2 Å². The van der Waals surface area contributed by atoms with Gasteiger partial charge >= 0.3 is 5.97 Å². The predicted molar refractivity (Wildman–Crippen MR) is 161 cm³/mol. The number of rotatable bonds is 7. The van der Waals surface area contributed by atoms with Crippen molar-refractivity contribution >= 4 is 45.0 Å². The summed E-state index contributed by atoms with van der Waals surface area (Å²) in [4.78, 5) is 37.7. The van der Waals surface area contributed by atoms with Gasteiger partial charge in [0.1, 0.15) is 5.01 Å². The first-order valence-corrected chi connectivity index (χ1v) is 13.9. The molecule has 0 bridgehead atoms. The number of aromatic nitrogens is 3. The van der Waals surface area contributed by atoms with Gasteiger partial charge < -0.3 is 15.6 Å². The number of fused-ring (bicyclic) bond motifs is 1. The number of benzene rings is 2. The normalized spacial score (nSPS) is 12.4. The summed E-state index contributed by atoms with van der Waals surface area (Å²) in [5.41, 5.74) is 10.7. The highest BCUT2D eigenvalue weighted by atomic mass is 35.5. The molecule has 208 valence electrons. The number of carboxylic acid groups (broad SMARTS) is 1. The molecule has 0 saturated heterocycles. The predicted octanol–water partition coefficient (Wildman–Crippen LogP) is 7.09. The maximum Gasteiger partial charge on any atom is 0.337 e. The van der Waals surface area contributed by atoms with Gasteiger partial charge in [0.15, 0.2) is 6.10 Å². The van der Waals surface area contributed by atoms with Crippen LogP contribution in [0.4, 0.5) is 0 Å². The van der Waals surface area contributed by atoms with Crippen LogP contribution in [0.3, 0.4) is 0 Å². The van der Waals surface area contributed by atoms with Gasteiger partial charge in [0.05, 0.1) is 27.1 Å². The van der Waals surface area contributed by atoms with Gasteiger partial charge in [-0.2, -0.15) is 0 Å². The molecule has 0 aliphatic heterocycles. The van der Waals surface area contributed by atoms with E-state index < -0.39 is 23.6 Å². The Hall–Kier alpha value is -4.18. The molecular weight excluding hydrogens is 560 g/mol. The molecule has 0 saturated carbocycles. The average molecular weight is 587 g/mol. The third-order valence-electron chi connectivity index (χ3n) is 6.34. The number of pyridine rings is 2. The number of ether oxygens (including phenoxy) is 1. The smallest absolute Gasteiger partial charge is 0.337 e.